The molecule has 4 nitrogen and oxygen atoms in total. The molecule has 0 spiro atoms. The Hall–Kier alpha value is -1.78. The van der Waals surface area contributed by atoms with Gasteiger partial charge in [-0.1, -0.05) is 0 Å². The van der Waals surface area contributed by atoms with Gasteiger partial charge in [0.2, 0.25) is 5.82 Å². The summed E-state index contributed by atoms with van der Waals surface area (Å²) in [6.45, 7) is 0. The van der Waals surface area contributed by atoms with Crippen LogP contribution in [-0.4, -0.2) is 11.2 Å². The fraction of sp³-hybridized carbons (Fsp3) is 0. The van der Waals surface area contributed by atoms with Gasteiger partial charge in [-0.2, -0.15) is 4.39 Å². The third-order valence-corrected chi connectivity index (χ3v) is 1.30. The second kappa shape index (κ2) is 3.08. The maximum absolute atomic E-state index is 12.7. The van der Waals surface area contributed by atoms with Crippen LogP contribution in [0.1, 0.15) is 10.4 Å². The van der Waals surface area contributed by atoms with E-state index in [0.29, 0.717) is 6.29 Å². The van der Waals surface area contributed by atoms with Crippen molar-refractivity contribution in [3.05, 3.63) is 39.7 Å². The molecule has 0 N–H and O–H groups in total. The van der Waals surface area contributed by atoms with Gasteiger partial charge in [-0.15, -0.1) is 0 Å². The SMILES string of the molecule is O=Cc1ccc([N+](=O)[O-])c(F)c1. The smallest absolute Gasteiger partial charge is 0.298 e. The molecule has 12 heavy (non-hydrogen) atoms. The van der Waals surface area contributed by atoms with Crippen molar-refractivity contribution in [3.63, 3.8) is 0 Å². The minimum atomic E-state index is -0.996. The van der Waals surface area contributed by atoms with Gasteiger partial charge in [0, 0.05) is 11.6 Å². The molecule has 62 valence electrons. The van der Waals surface area contributed by atoms with Crippen molar-refractivity contribution in [2.45, 2.75) is 0 Å². The summed E-state index contributed by atoms with van der Waals surface area (Å²) >= 11 is 0. The molecule has 0 unspecified atom stereocenters. The van der Waals surface area contributed by atoms with E-state index in [2.05, 4.69) is 0 Å². The Bertz CT molecular complexity index is 337. The predicted molar refractivity (Wildman–Crippen MR) is 38.4 cm³/mol. The molecular weight excluding hydrogens is 165 g/mol. The van der Waals surface area contributed by atoms with Crippen molar-refractivity contribution >= 4 is 12.0 Å². The van der Waals surface area contributed by atoms with Crippen LogP contribution in [0.5, 0.6) is 0 Å². The molecule has 5 heteroatoms. The molecule has 0 aliphatic carbocycles. The van der Waals surface area contributed by atoms with Gasteiger partial charge in [0.15, 0.2) is 0 Å². The predicted octanol–water partition coefficient (Wildman–Crippen LogP) is 1.55. The number of nitro benzene ring substituents is 1. The summed E-state index contributed by atoms with van der Waals surface area (Å²) in [5, 5.41) is 10.1. The van der Waals surface area contributed by atoms with Gasteiger partial charge in [0.1, 0.15) is 6.29 Å². The van der Waals surface area contributed by atoms with E-state index in [4.69, 9.17) is 0 Å². The van der Waals surface area contributed by atoms with E-state index in [1.807, 2.05) is 0 Å². The highest BCUT2D eigenvalue weighted by Gasteiger charge is 2.12. The van der Waals surface area contributed by atoms with Crippen LogP contribution < -0.4 is 0 Å². The number of carbonyl (C=O) groups is 1. The van der Waals surface area contributed by atoms with Gasteiger partial charge in [0.25, 0.3) is 0 Å². The van der Waals surface area contributed by atoms with Crippen LogP contribution in [0.4, 0.5) is 10.1 Å². The standard InChI is InChI=1S/C7H4FNO3/c8-6-3-5(4-10)1-2-7(6)9(11)12/h1-4H. The number of carbonyl (C=O) groups excluding carboxylic acids is 1. The average Bonchev–Trinajstić information content (AvgIpc) is 2.03. The molecule has 1 aromatic carbocycles. The van der Waals surface area contributed by atoms with Gasteiger partial charge < -0.3 is 0 Å². The zero-order valence-electron chi connectivity index (χ0n) is 5.86. The molecule has 1 rings (SSSR count). The van der Waals surface area contributed by atoms with E-state index in [1.165, 1.54) is 6.07 Å². The first-order valence-corrected chi connectivity index (χ1v) is 3.04. The number of hydrogen-bond acceptors (Lipinski definition) is 3. The number of halogens is 1. The van der Waals surface area contributed by atoms with E-state index in [-0.39, 0.29) is 5.56 Å². The fourth-order valence-corrected chi connectivity index (χ4v) is 0.745. The molecule has 0 fully saturated rings. The van der Waals surface area contributed by atoms with Crippen molar-refractivity contribution in [2.75, 3.05) is 0 Å². The normalized spacial score (nSPS) is 9.42. The van der Waals surface area contributed by atoms with Crippen LogP contribution in [-0.2, 0) is 0 Å². The van der Waals surface area contributed by atoms with Gasteiger partial charge in [-0.3, -0.25) is 14.9 Å². The van der Waals surface area contributed by atoms with Crippen molar-refractivity contribution in [2.24, 2.45) is 0 Å². The highest BCUT2D eigenvalue weighted by molar-refractivity contribution is 5.75. The Morgan fingerprint density at radius 3 is 2.58 bits per heavy atom. The molecule has 0 atom stereocenters. The largest absolute Gasteiger partial charge is 0.304 e. The topological polar surface area (TPSA) is 60.2 Å². The van der Waals surface area contributed by atoms with Crippen molar-refractivity contribution in [1.82, 2.24) is 0 Å². The van der Waals surface area contributed by atoms with Crippen LogP contribution in [0.2, 0.25) is 0 Å². The lowest BCUT2D eigenvalue weighted by atomic mass is 10.2. The van der Waals surface area contributed by atoms with E-state index in [1.54, 1.807) is 0 Å². The maximum atomic E-state index is 12.7. The molecule has 0 aromatic heterocycles. The highest BCUT2D eigenvalue weighted by atomic mass is 19.1. The molecular formula is C7H4FNO3. The first kappa shape index (κ1) is 8.32. The summed E-state index contributed by atoms with van der Waals surface area (Å²) in [6, 6.07) is 2.97. The first-order valence-electron chi connectivity index (χ1n) is 3.04. The van der Waals surface area contributed by atoms with E-state index >= 15 is 0 Å². The summed E-state index contributed by atoms with van der Waals surface area (Å²) < 4.78 is 12.7. The average molecular weight is 169 g/mol. The van der Waals surface area contributed by atoms with Crippen LogP contribution in [0.25, 0.3) is 0 Å². The second-order valence-corrected chi connectivity index (χ2v) is 2.09. The van der Waals surface area contributed by atoms with Crippen molar-refractivity contribution < 1.29 is 14.1 Å². The minimum Gasteiger partial charge on any atom is -0.298 e. The Labute approximate surface area is 66.8 Å². The third kappa shape index (κ3) is 1.45. The summed E-state index contributed by atoms with van der Waals surface area (Å²) in [7, 11) is 0. The Kier molecular flexibility index (Phi) is 2.14. The number of benzene rings is 1. The number of aldehydes is 1. The zero-order valence-corrected chi connectivity index (χ0v) is 5.86. The maximum Gasteiger partial charge on any atom is 0.304 e. The third-order valence-electron chi connectivity index (χ3n) is 1.30. The quantitative estimate of drug-likeness (QED) is 0.383. The molecule has 0 aliphatic rings. The fourth-order valence-electron chi connectivity index (χ4n) is 0.745. The number of hydrogen-bond donors (Lipinski definition) is 0. The lowest BCUT2D eigenvalue weighted by molar-refractivity contribution is -0.387. The van der Waals surface area contributed by atoms with E-state index < -0.39 is 16.4 Å². The summed E-state index contributed by atoms with van der Waals surface area (Å²) in [5.74, 6) is -0.996. The molecule has 0 bridgehead atoms. The van der Waals surface area contributed by atoms with E-state index in [9.17, 15) is 19.3 Å². The number of rotatable bonds is 2. The zero-order chi connectivity index (χ0) is 9.14. The Balaban J connectivity index is 3.20. The minimum absolute atomic E-state index is 0.0816. The first-order chi connectivity index (χ1) is 5.65. The van der Waals surface area contributed by atoms with E-state index in [0.717, 1.165) is 12.1 Å². The van der Waals surface area contributed by atoms with Gasteiger partial charge in [0.05, 0.1) is 4.92 Å². The number of nitrogens with zero attached hydrogens (tertiary/aromatic N) is 1. The molecule has 0 amide bonds. The second-order valence-electron chi connectivity index (χ2n) is 2.09. The van der Waals surface area contributed by atoms with Crippen LogP contribution >= 0.6 is 0 Å². The summed E-state index contributed by atoms with van der Waals surface area (Å²) in [4.78, 5) is 19.4. The molecule has 0 heterocycles. The summed E-state index contributed by atoms with van der Waals surface area (Å²) in [5.41, 5.74) is -0.543. The number of nitro groups is 1. The Morgan fingerprint density at radius 2 is 2.17 bits per heavy atom. The van der Waals surface area contributed by atoms with Crippen LogP contribution in [0.3, 0.4) is 0 Å². The molecule has 0 radical (unpaired) electrons. The lowest BCUT2D eigenvalue weighted by Crippen LogP contribution is -1.93. The molecule has 0 saturated heterocycles. The molecule has 0 saturated carbocycles. The molecule has 0 aliphatic heterocycles. The van der Waals surface area contributed by atoms with Gasteiger partial charge in [-0.05, 0) is 12.1 Å². The monoisotopic (exact) mass is 169 g/mol. The van der Waals surface area contributed by atoms with Gasteiger partial charge >= 0.3 is 5.69 Å². The van der Waals surface area contributed by atoms with Crippen LogP contribution in [0.15, 0.2) is 18.2 Å². The summed E-state index contributed by atoms with van der Waals surface area (Å²) in [6.07, 6.45) is 0.423. The highest BCUT2D eigenvalue weighted by Crippen LogP contribution is 2.16. The van der Waals surface area contributed by atoms with Gasteiger partial charge in [-0.25, -0.2) is 0 Å². The van der Waals surface area contributed by atoms with Crippen LogP contribution in [0, 0.1) is 15.9 Å². The van der Waals surface area contributed by atoms with Crippen molar-refractivity contribution in [3.8, 4) is 0 Å². The molecule has 1 aromatic rings. The van der Waals surface area contributed by atoms with Crippen molar-refractivity contribution in [1.29, 1.82) is 0 Å². The Morgan fingerprint density at radius 1 is 1.50 bits per heavy atom. The lowest BCUT2D eigenvalue weighted by Gasteiger charge is -1.93.